The fourth-order valence-corrected chi connectivity index (χ4v) is 2.32. The number of hydrogen-bond donors (Lipinski definition) is 2. The Hall–Kier alpha value is -2.57. The summed E-state index contributed by atoms with van der Waals surface area (Å²) in [6.45, 7) is 1.64. The van der Waals surface area contributed by atoms with Crippen LogP contribution in [0.4, 0.5) is 5.69 Å². The maximum atomic E-state index is 12.1. The van der Waals surface area contributed by atoms with Crippen LogP contribution in [-0.4, -0.2) is 24.6 Å². The molecule has 0 unspecified atom stereocenters. The van der Waals surface area contributed by atoms with E-state index < -0.39 is 5.91 Å². The number of carbonyl (C=O) groups excluding carboxylic acids is 2. The molecule has 0 atom stereocenters. The third-order valence-electron chi connectivity index (χ3n) is 3.30. The maximum absolute atomic E-state index is 12.1. The van der Waals surface area contributed by atoms with Gasteiger partial charge in [-0.3, -0.25) is 9.59 Å². The number of anilines is 1. The molecule has 0 heterocycles. The molecule has 0 saturated carbocycles. The van der Waals surface area contributed by atoms with Gasteiger partial charge >= 0.3 is 0 Å². The van der Waals surface area contributed by atoms with E-state index in [2.05, 4.69) is 15.8 Å². The first kappa shape index (κ1) is 19.8. The van der Waals surface area contributed by atoms with Gasteiger partial charge in [0.1, 0.15) is 5.75 Å². The molecule has 6 nitrogen and oxygen atoms in total. The van der Waals surface area contributed by atoms with Crippen molar-refractivity contribution >= 4 is 46.4 Å². The number of benzene rings is 2. The van der Waals surface area contributed by atoms with E-state index in [1.807, 2.05) is 0 Å². The van der Waals surface area contributed by atoms with E-state index in [1.165, 1.54) is 7.11 Å². The molecule has 0 radical (unpaired) electrons. The van der Waals surface area contributed by atoms with Crippen molar-refractivity contribution in [3.63, 3.8) is 0 Å². The van der Waals surface area contributed by atoms with Crippen LogP contribution >= 0.6 is 23.2 Å². The van der Waals surface area contributed by atoms with Gasteiger partial charge in [0.05, 0.1) is 23.6 Å². The molecule has 136 valence electrons. The van der Waals surface area contributed by atoms with Crippen LogP contribution in [-0.2, 0) is 4.79 Å². The van der Waals surface area contributed by atoms with Gasteiger partial charge in [-0.25, -0.2) is 5.43 Å². The van der Waals surface area contributed by atoms with Gasteiger partial charge in [-0.05, 0) is 43.3 Å². The Morgan fingerprint density at radius 3 is 2.58 bits per heavy atom. The topological polar surface area (TPSA) is 79.8 Å². The first-order chi connectivity index (χ1) is 12.4. The number of ether oxygens (including phenoxy) is 1. The van der Waals surface area contributed by atoms with Gasteiger partial charge in [-0.2, -0.15) is 5.10 Å². The Balaban J connectivity index is 1.91. The highest BCUT2D eigenvalue weighted by atomic mass is 35.5. The molecule has 0 aliphatic carbocycles. The molecule has 2 aromatic rings. The average Bonchev–Trinajstić information content (AvgIpc) is 2.62. The molecular formula is C18H17Cl2N3O3. The highest BCUT2D eigenvalue weighted by molar-refractivity contribution is 6.42. The molecule has 26 heavy (non-hydrogen) atoms. The second-order valence-electron chi connectivity index (χ2n) is 5.37. The van der Waals surface area contributed by atoms with E-state index in [0.717, 1.165) is 0 Å². The molecular weight excluding hydrogens is 377 g/mol. The summed E-state index contributed by atoms with van der Waals surface area (Å²) in [4.78, 5) is 24.1. The molecule has 0 aliphatic rings. The van der Waals surface area contributed by atoms with Crippen molar-refractivity contribution in [3.05, 3.63) is 58.1 Å². The molecule has 2 N–H and O–H groups in total. The number of methoxy groups -OCH3 is 1. The summed E-state index contributed by atoms with van der Waals surface area (Å²) in [5, 5.41) is 7.37. The van der Waals surface area contributed by atoms with Crippen LogP contribution in [0.1, 0.15) is 23.7 Å². The standard InChI is InChI=1S/C18H17Cl2N3O3/c1-11(8-17(24)21-13-6-7-15(19)16(20)10-13)22-23-18(25)12-4-3-5-14(9-12)26-2/h3-7,9-10H,8H2,1-2H3,(H,21,24)(H,23,25)/b22-11-. The van der Waals surface area contributed by atoms with Gasteiger partial charge in [-0.15, -0.1) is 0 Å². The Kier molecular flexibility index (Phi) is 7.00. The molecule has 2 aromatic carbocycles. The molecule has 8 heteroatoms. The minimum atomic E-state index is -0.395. The van der Waals surface area contributed by atoms with Gasteiger partial charge in [0.25, 0.3) is 5.91 Å². The average molecular weight is 394 g/mol. The SMILES string of the molecule is COc1cccc(C(=O)N/N=C(/C)CC(=O)Nc2ccc(Cl)c(Cl)c2)c1. The van der Waals surface area contributed by atoms with Crippen LogP contribution in [0.25, 0.3) is 0 Å². The van der Waals surface area contributed by atoms with E-state index in [4.69, 9.17) is 27.9 Å². The third kappa shape index (κ3) is 5.75. The molecule has 0 fully saturated rings. The summed E-state index contributed by atoms with van der Waals surface area (Å²) >= 11 is 11.7. The number of amides is 2. The highest BCUT2D eigenvalue weighted by Gasteiger charge is 2.08. The van der Waals surface area contributed by atoms with Crippen LogP contribution in [0.3, 0.4) is 0 Å². The van der Waals surface area contributed by atoms with Gasteiger partial charge in [0.2, 0.25) is 5.91 Å². The fraction of sp³-hybridized carbons (Fsp3) is 0.167. The number of nitrogens with one attached hydrogen (secondary N) is 2. The van der Waals surface area contributed by atoms with Crippen molar-refractivity contribution < 1.29 is 14.3 Å². The summed E-state index contributed by atoms with van der Waals surface area (Å²) in [6.07, 6.45) is 0.0125. The van der Waals surface area contributed by atoms with Crippen LogP contribution in [0, 0.1) is 0 Å². The molecule has 2 rings (SSSR count). The Labute approximate surface area is 161 Å². The van der Waals surface area contributed by atoms with E-state index in [0.29, 0.717) is 32.8 Å². The first-order valence-electron chi connectivity index (χ1n) is 7.61. The number of hydrazone groups is 1. The smallest absolute Gasteiger partial charge is 0.271 e. The van der Waals surface area contributed by atoms with Crippen molar-refractivity contribution in [2.24, 2.45) is 5.10 Å². The second kappa shape index (κ2) is 9.22. The molecule has 0 bridgehead atoms. The molecule has 0 spiro atoms. The minimum Gasteiger partial charge on any atom is -0.497 e. The van der Waals surface area contributed by atoms with Crippen molar-refractivity contribution in [3.8, 4) is 5.75 Å². The van der Waals surface area contributed by atoms with Crippen molar-refractivity contribution in [1.82, 2.24) is 5.43 Å². The minimum absolute atomic E-state index is 0.0125. The molecule has 0 aliphatic heterocycles. The Morgan fingerprint density at radius 2 is 1.88 bits per heavy atom. The highest BCUT2D eigenvalue weighted by Crippen LogP contribution is 2.25. The lowest BCUT2D eigenvalue weighted by Crippen LogP contribution is -2.21. The summed E-state index contributed by atoms with van der Waals surface area (Å²) < 4.78 is 5.07. The number of halogens is 2. The zero-order chi connectivity index (χ0) is 19.1. The van der Waals surface area contributed by atoms with E-state index in [9.17, 15) is 9.59 Å². The predicted molar refractivity (Wildman–Crippen MR) is 103 cm³/mol. The number of rotatable bonds is 6. The largest absolute Gasteiger partial charge is 0.497 e. The Bertz CT molecular complexity index is 853. The summed E-state index contributed by atoms with van der Waals surface area (Å²) in [5.41, 5.74) is 3.78. The molecule has 0 aromatic heterocycles. The van der Waals surface area contributed by atoms with E-state index >= 15 is 0 Å². The monoisotopic (exact) mass is 393 g/mol. The van der Waals surface area contributed by atoms with Crippen LogP contribution in [0.15, 0.2) is 47.6 Å². The lowest BCUT2D eigenvalue weighted by atomic mass is 10.2. The number of carbonyl (C=O) groups is 2. The number of hydrogen-bond acceptors (Lipinski definition) is 4. The van der Waals surface area contributed by atoms with Crippen LogP contribution in [0.5, 0.6) is 5.75 Å². The lowest BCUT2D eigenvalue weighted by molar-refractivity contribution is -0.115. The van der Waals surface area contributed by atoms with Crippen LogP contribution < -0.4 is 15.5 Å². The first-order valence-corrected chi connectivity index (χ1v) is 8.37. The van der Waals surface area contributed by atoms with Gasteiger partial charge in [0.15, 0.2) is 0 Å². The Morgan fingerprint density at radius 1 is 1.12 bits per heavy atom. The zero-order valence-corrected chi connectivity index (χ0v) is 15.7. The van der Waals surface area contributed by atoms with E-state index in [1.54, 1.807) is 49.4 Å². The van der Waals surface area contributed by atoms with Gasteiger partial charge in [-0.1, -0.05) is 29.3 Å². The van der Waals surface area contributed by atoms with Gasteiger partial charge < -0.3 is 10.1 Å². The van der Waals surface area contributed by atoms with Crippen molar-refractivity contribution in [2.45, 2.75) is 13.3 Å². The van der Waals surface area contributed by atoms with Crippen LogP contribution in [0.2, 0.25) is 10.0 Å². The summed E-state index contributed by atoms with van der Waals surface area (Å²) in [7, 11) is 1.52. The van der Waals surface area contributed by atoms with Crippen molar-refractivity contribution in [2.75, 3.05) is 12.4 Å². The third-order valence-corrected chi connectivity index (χ3v) is 4.04. The molecule has 0 saturated heterocycles. The summed E-state index contributed by atoms with van der Waals surface area (Å²) in [6, 6.07) is 11.5. The second-order valence-corrected chi connectivity index (χ2v) is 6.19. The number of nitrogens with zero attached hydrogens (tertiary/aromatic N) is 1. The normalized spacial score (nSPS) is 11.0. The van der Waals surface area contributed by atoms with Gasteiger partial charge in [0, 0.05) is 17.0 Å². The predicted octanol–water partition coefficient (Wildman–Crippen LogP) is 4.14. The fourth-order valence-electron chi connectivity index (χ4n) is 2.03. The summed E-state index contributed by atoms with van der Waals surface area (Å²) in [5.74, 6) is -0.118. The van der Waals surface area contributed by atoms with Crippen molar-refractivity contribution in [1.29, 1.82) is 0 Å². The van der Waals surface area contributed by atoms with E-state index in [-0.39, 0.29) is 12.3 Å². The quantitative estimate of drug-likeness (QED) is 0.571. The molecule has 2 amide bonds. The maximum Gasteiger partial charge on any atom is 0.271 e. The zero-order valence-electron chi connectivity index (χ0n) is 14.2. The lowest BCUT2D eigenvalue weighted by Gasteiger charge is -2.07.